The number of imidazole rings is 1. The zero-order valence-electron chi connectivity index (χ0n) is 18.1. The van der Waals surface area contributed by atoms with Gasteiger partial charge in [0.1, 0.15) is 0 Å². The lowest BCUT2D eigenvalue weighted by Gasteiger charge is -2.34. The number of fused-ring (bicyclic) bond motifs is 2. The maximum atomic E-state index is 13.5. The molecule has 0 aliphatic heterocycles. The fourth-order valence-corrected chi connectivity index (χ4v) is 5.95. The van der Waals surface area contributed by atoms with Crippen molar-refractivity contribution in [2.75, 3.05) is 0 Å². The van der Waals surface area contributed by atoms with Gasteiger partial charge in [-0.05, 0) is 55.1 Å². The van der Waals surface area contributed by atoms with E-state index in [4.69, 9.17) is 5.73 Å². The number of nitrogens with zero attached hydrogens (tertiary/aromatic N) is 3. The molecule has 3 N–H and O–H groups in total. The molecule has 0 spiro atoms. The molecular formula is C23H27F4N5O. The monoisotopic (exact) mass is 465 g/mol. The van der Waals surface area contributed by atoms with Gasteiger partial charge in [0.05, 0.1) is 30.2 Å². The van der Waals surface area contributed by atoms with E-state index in [2.05, 4.69) is 15.4 Å². The van der Waals surface area contributed by atoms with Crippen LogP contribution in [0.1, 0.15) is 68.3 Å². The lowest BCUT2D eigenvalue weighted by molar-refractivity contribution is -0.134. The van der Waals surface area contributed by atoms with Gasteiger partial charge in [-0.2, -0.15) is 5.10 Å². The lowest BCUT2D eigenvalue weighted by atomic mass is 9.79. The Labute approximate surface area is 188 Å². The Hall–Kier alpha value is -2.23. The number of aromatic nitrogens is 3. The zero-order valence-corrected chi connectivity index (χ0v) is 18.1. The van der Waals surface area contributed by atoms with Crippen molar-refractivity contribution in [2.24, 2.45) is 35.3 Å². The van der Waals surface area contributed by atoms with E-state index in [-0.39, 0.29) is 43.0 Å². The van der Waals surface area contributed by atoms with Crippen molar-refractivity contribution in [1.29, 1.82) is 0 Å². The highest BCUT2D eigenvalue weighted by atomic mass is 19.3. The number of rotatable bonds is 7. The fraction of sp³-hybridized carbons (Fsp3) is 0.696. The number of carbonyl (C=O) groups is 1. The van der Waals surface area contributed by atoms with Gasteiger partial charge < -0.3 is 11.1 Å². The van der Waals surface area contributed by atoms with Crippen molar-refractivity contribution >= 4 is 11.6 Å². The van der Waals surface area contributed by atoms with Crippen molar-refractivity contribution in [3.05, 3.63) is 29.7 Å². The second-order valence-electron chi connectivity index (χ2n) is 10.6. The number of halogens is 4. The molecule has 4 saturated carbocycles. The average molecular weight is 465 g/mol. The third-order valence-corrected chi connectivity index (χ3v) is 8.11. The van der Waals surface area contributed by atoms with E-state index in [9.17, 15) is 22.4 Å². The lowest BCUT2D eigenvalue weighted by Crippen LogP contribution is -2.39. The summed E-state index contributed by atoms with van der Waals surface area (Å²) in [6.45, 7) is 0. The number of nitrogens with two attached hydrogens (primary N) is 1. The Morgan fingerprint density at radius 2 is 1.88 bits per heavy atom. The van der Waals surface area contributed by atoms with Gasteiger partial charge in [0.2, 0.25) is 11.8 Å². The Morgan fingerprint density at radius 1 is 1.18 bits per heavy atom. The van der Waals surface area contributed by atoms with Gasteiger partial charge in [0, 0.05) is 31.1 Å². The van der Waals surface area contributed by atoms with Crippen molar-refractivity contribution < 1.29 is 22.4 Å². The smallest absolute Gasteiger partial charge is 0.254 e. The normalized spacial score (nSPS) is 31.6. The Morgan fingerprint density at radius 3 is 2.52 bits per heavy atom. The average Bonchev–Trinajstić information content (AvgIpc) is 3.49. The van der Waals surface area contributed by atoms with Gasteiger partial charge in [-0.3, -0.25) is 4.79 Å². The van der Waals surface area contributed by atoms with Gasteiger partial charge in [-0.25, -0.2) is 27.1 Å². The molecule has 0 radical (unpaired) electrons. The largest absolute Gasteiger partial charge is 0.349 e. The molecule has 1 amide bonds. The van der Waals surface area contributed by atoms with Gasteiger partial charge in [-0.15, -0.1) is 0 Å². The Kier molecular flexibility index (Phi) is 4.61. The Balaban J connectivity index is 1.14. The SMILES string of the molecule is N[C@H](c1cn2ncc([C@H](NC(=O)CC3CC(F)(F)C3)C3CC3)cc2n1)C1C[C@@H]2[C@H](C1)C2(F)F. The molecule has 4 aliphatic rings. The van der Waals surface area contributed by atoms with E-state index < -0.39 is 29.7 Å². The van der Waals surface area contributed by atoms with Crippen LogP contribution in [0.4, 0.5) is 17.6 Å². The summed E-state index contributed by atoms with van der Waals surface area (Å²) in [6.07, 6.45) is 5.91. The quantitative estimate of drug-likeness (QED) is 0.605. The van der Waals surface area contributed by atoms with Gasteiger partial charge in [-0.1, -0.05) is 0 Å². The van der Waals surface area contributed by atoms with Crippen LogP contribution in [0.2, 0.25) is 0 Å². The first-order valence-electron chi connectivity index (χ1n) is 11.8. The molecule has 0 saturated heterocycles. The summed E-state index contributed by atoms with van der Waals surface area (Å²) >= 11 is 0. The van der Waals surface area contributed by atoms with E-state index in [1.165, 1.54) is 0 Å². The minimum Gasteiger partial charge on any atom is -0.349 e. The second-order valence-corrected chi connectivity index (χ2v) is 10.6. The second kappa shape index (κ2) is 7.13. The molecule has 2 aromatic heterocycles. The van der Waals surface area contributed by atoms with Crippen LogP contribution < -0.4 is 11.1 Å². The number of alkyl halides is 4. The van der Waals surface area contributed by atoms with Crippen LogP contribution in [-0.4, -0.2) is 32.4 Å². The number of amides is 1. The summed E-state index contributed by atoms with van der Waals surface area (Å²) in [4.78, 5) is 17.1. The first-order chi connectivity index (χ1) is 15.6. The molecule has 2 aromatic rings. The molecule has 4 fully saturated rings. The molecule has 6 nitrogen and oxygen atoms in total. The summed E-state index contributed by atoms with van der Waals surface area (Å²) in [6, 6.07) is 1.22. The highest BCUT2D eigenvalue weighted by Crippen LogP contribution is 2.66. The summed E-state index contributed by atoms with van der Waals surface area (Å²) in [5, 5.41) is 7.45. The third-order valence-electron chi connectivity index (χ3n) is 8.11. The molecule has 6 rings (SSSR count). The predicted molar refractivity (Wildman–Crippen MR) is 110 cm³/mol. The molecule has 2 heterocycles. The summed E-state index contributed by atoms with van der Waals surface area (Å²) in [7, 11) is 0. The standard InChI is InChI=1S/C23H27F4N5O/c24-22(25)7-11(8-22)3-19(33)31-21(12-1-2-12)14-6-18-30-17(10-32(18)29-9-14)20(28)13-4-15-16(5-13)23(15,26)27/h6,9-13,15-16,20-21H,1-5,7-8,28H2,(H,31,33)/t13?,15-,16+,20-,21+/m0/s1. The van der Waals surface area contributed by atoms with Crippen LogP contribution in [0, 0.1) is 29.6 Å². The topological polar surface area (TPSA) is 85.3 Å². The van der Waals surface area contributed by atoms with Crippen LogP contribution in [0.3, 0.4) is 0 Å². The highest BCUT2D eigenvalue weighted by molar-refractivity contribution is 5.77. The number of hydrogen-bond donors (Lipinski definition) is 2. The van der Waals surface area contributed by atoms with Crippen molar-refractivity contribution in [3.8, 4) is 0 Å². The summed E-state index contributed by atoms with van der Waals surface area (Å²) < 4.78 is 54.8. The maximum absolute atomic E-state index is 13.5. The highest BCUT2D eigenvalue weighted by Gasteiger charge is 2.71. The van der Waals surface area contributed by atoms with Crippen LogP contribution in [0.25, 0.3) is 5.65 Å². The predicted octanol–water partition coefficient (Wildman–Crippen LogP) is 4.02. The third kappa shape index (κ3) is 3.80. The van der Waals surface area contributed by atoms with Crippen molar-refractivity contribution in [3.63, 3.8) is 0 Å². The van der Waals surface area contributed by atoms with Gasteiger partial charge in [0.25, 0.3) is 5.92 Å². The van der Waals surface area contributed by atoms with E-state index >= 15 is 0 Å². The molecule has 10 heteroatoms. The zero-order chi connectivity index (χ0) is 23.1. The summed E-state index contributed by atoms with van der Waals surface area (Å²) in [5.74, 6) is -6.42. The van der Waals surface area contributed by atoms with Crippen LogP contribution in [-0.2, 0) is 4.79 Å². The van der Waals surface area contributed by atoms with E-state index in [1.54, 1.807) is 16.9 Å². The van der Waals surface area contributed by atoms with E-state index in [0.29, 0.717) is 30.1 Å². The molecule has 0 aromatic carbocycles. The van der Waals surface area contributed by atoms with Gasteiger partial charge in [0.15, 0.2) is 5.65 Å². The maximum Gasteiger partial charge on any atom is 0.254 e. The minimum atomic E-state index is -2.63. The van der Waals surface area contributed by atoms with E-state index in [0.717, 1.165) is 18.4 Å². The molecule has 1 unspecified atom stereocenters. The van der Waals surface area contributed by atoms with E-state index in [1.807, 2.05) is 6.07 Å². The minimum absolute atomic E-state index is 0.0126. The molecule has 5 atom stereocenters. The number of hydrogen-bond acceptors (Lipinski definition) is 4. The number of carbonyl (C=O) groups excluding carboxylic acids is 1. The molecule has 178 valence electrons. The Bertz CT molecular complexity index is 1080. The van der Waals surface area contributed by atoms with Crippen molar-refractivity contribution in [2.45, 2.75) is 68.9 Å². The summed E-state index contributed by atoms with van der Waals surface area (Å²) in [5.41, 5.74) is 8.43. The van der Waals surface area contributed by atoms with Crippen LogP contribution in [0.5, 0.6) is 0 Å². The molecule has 4 aliphatic carbocycles. The first kappa shape index (κ1) is 21.3. The van der Waals surface area contributed by atoms with Crippen molar-refractivity contribution in [1.82, 2.24) is 19.9 Å². The van der Waals surface area contributed by atoms with Crippen LogP contribution in [0.15, 0.2) is 18.5 Å². The molecule has 33 heavy (non-hydrogen) atoms. The first-order valence-corrected chi connectivity index (χ1v) is 11.8. The molecule has 0 bridgehead atoms. The molecular weight excluding hydrogens is 438 g/mol. The van der Waals surface area contributed by atoms with Gasteiger partial charge >= 0.3 is 0 Å². The number of nitrogens with one attached hydrogen (secondary N) is 1. The van der Waals surface area contributed by atoms with Crippen LogP contribution >= 0.6 is 0 Å². The fourth-order valence-electron chi connectivity index (χ4n) is 5.95.